The summed E-state index contributed by atoms with van der Waals surface area (Å²) in [5.74, 6) is 0.619. The third-order valence-electron chi connectivity index (χ3n) is 5.03. The van der Waals surface area contributed by atoms with Crippen LogP contribution in [0.1, 0.15) is 29.8 Å². The van der Waals surface area contributed by atoms with E-state index < -0.39 is 15.9 Å². The van der Waals surface area contributed by atoms with Crippen LogP contribution < -0.4 is 10.1 Å². The molecule has 2 aromatic rings. The number of ether oxygens (including phenoxy) is 1. The number of nitrogens with one attached hydrogen (secondary N) is 1. The van der Waals surface area contributed by atoms with Gasteiger partial charge >= 0.3 is 0 Å². The van der Waals surface area contributed by atoms with Crippen molar-refractivity contribution in [3.05, 3.63) is 58.6 Å². The fourth-order valence-corrected chi connectivity index (χ4v) is 5.09. The molecule has 156 valence electrons. The van der Waals surface area contributed by atoms with Gasteiger partial charge in [0.25, 0.3) is 5.91 Å². The topological polar surface area (TPSA) is 75.7 Å². The summed E-state index contributed by atoms with van der Waals surface area (Å²) in [6.07, 6.45) is 0.806. The van der Waals surface area contributed by atoms with E-state index in [0.29, 0.717) is 26.2 Å². The first-order valence-electron chi connectivity index (χ1n) is 9.65. The first-order valence-corrected chi connectivity index (χ1v) is 11.5. The Kier molecular flexibility index (Phi) is 6.82. The number of benzene rings is 2. The van der Waals surface area contributed by atoms with Crippen molar-refractivity contribution >= 4 is 27.5 Å². The Morgan fingerprint density at radius 2 is 1.93 bits per heavy atom. The summed E-state index contributed by atoms with van der Waals surface area (Å²) in [6, 6.07) is 12.1. The lowest BCUT2D eigenvalue weighted by atomic mass is 9.96. The van der Waals surface area contributed by atoms with Crippen LogP contribution in [0.3, 0.4) is 0 Å². The molecule has 1 unspecified atom stereocenters. The quantitative estimate of drug-likeness (QED) is 0.722. The molecule has 1 heterocycles. The van der Waals surface area contributed by atoms with Crippen molar-refractivity contribution in [3.8, 4) is 5.75 Å². The Morgan fingerprint density at radius 3 is 2.66 bits per heavy atom. The zero-order valence-electron chi connectivity index (χ0n) is 16.5. The molecule has 0 saturated carbocycles. The number of halogens is 1. The highest BCUT2D eigenvalue weighted by molar-refractivity contribution is 7.89. The Balaban J connectivity index is 1.71. The van der Waals surface area contributed by atoms with Gasteiger partial charge in [0.1, 0.15) is 5.75 Å². The van der Waals surface area contributed by atoms with E-state index in [4.69, 9.17) is 16.3 Å². The minimum absolute atomic E-state index is 0.0608. The highest BCUT2D eigenvalue weighted by atomic mass is 35.5. The maximum atomic E-state index is 12.7. The molecule has 1 N–H and O–H groups in total. The summed E-state index contributed by atoms with van der Waals surface area (Å²) in [7, 11) is -3.67. The van der Waals surface area contributed by atoms with Crippen LogP contribution >= 0.6 is 11.6 Å². The van der Waals surface area contributed by atoms with Gasteiger partial charge in [0.2, 0.25) is 10.0 Å². The lowest BCUT2D eigenvalue weighted by molar-refractivity contribution is 0.0939. The van der Waals surface area contributed by atoms with Crippen molar-refractivity contribution in [2.24, 2.45) is 5.92 Å². The van der Waals surface area contributed by atoms with Gasteiger partial charge in [-0.3, -0.25) is 4.79 Å². The molecule has 0 aromatic heterocycles. The Labute approximate surface area is 176 Å². The number of sulfonamides is 1. The number of fused-ring (bicyclic) bond motifs is 1. The maximum absolute atomic E-state index is 12.7. The van der Waals surface area contributed by atoms with Crippen molar-refractivity contribution in [1.82, 2.24) is 9.62 Å². The molecule has 0 spiro atoms. The summed E-state index contributed by atoms with van der Waals surface area (Å²) >= 11 is 6.18. The molecule has 1 aliphatic rings. The van der Waals surface area contributed by atoms with Crippen LogP contribution in [0, 0.1) is 5.92 Å². The largest absolute Gasteiger partial charge is 0.493 e. The second-order valence-corrected chi connectivity index (χ2v) is 9.28. The van der Waals surface area contributed by atoms with Gasteiger partial charge in [-0.1, -0.05) is 43.6 Å². The molecule has 0 fully saturated rings. The molecular weight excluding hydrogens is 412 g/mol. The van der Waals surface area contributed by atoms with Crippen LogP contribution in [-0.4, -0.2) is 44.9 Å². The third kappa shape index (κ3) is 4.74. The van der Waals surface area contributed by atoms with E-state index in [9.17, 15) is 13.2 Å². The minimum Gasteiger partial charge on any atom is -0.493 e. The molecule has 0 bridgehead atoms. The van der Waals surface area contributed by atoms with Crippen LogP contribution in [0.5, 0.6) is 5.75 Å². The van der Waals surface area contributed by atoms with Crippen molar-refractivity contribution in [3.63, 3.8) is 0 Å². The number of para-hydroxylation sites is 1. The molecule has 2 aromatic carbocycles. The number of amides is 1. The van der Waals surface area contributed by atoms with Crippen molar-refractivity contribution < 1.29 is 17.9 Å². The summed E-state index contributed by atoms with van der Waals surface area (Å²) < 4.78 is 32.6. The molecule has 1 aliphatic heterocycles. The Morgan fingerprint density at radius 1 is 1.21 bits per heavy atom. The van der Waals surface area contributed by atoms with E-state index in [1.807, 2.05) is 24.3 Å². The normalized spacial score (nSPS) is 16.2. The predicted octanol–water partition coefficient (Wildman–Crippen LogP) is 3.35. The van der Waals surface area contributed by atoms with Crippen molar-refractivity contribution in [2.75, 3.05) is 26.2 Å². The number of hydrogen-bond acceptors (Lipinski definition) is 4. The molecule has 1 amide bonds. The van der Waals surface area contributed by atoms with E-state index in [1.54, 1.807) is 13.8 Å². The Hall–Kier alpha value is -2.09. The lowest BCUT2D eigenvalue weighted by Crippen LogP contribution is -2.35. The van der Waals surface area contributed by atoms with Crippen LogP contribution in [0.4, 0.5) is 0 Å². The first-order chi connectivity index (χ1) is 13.9. The van der Waals surface area contributed by atoms with Crippen LogP contribution in [-0.2, 0) is 16.4 Å². The summed E-state index contributed by atoms with van der Waals surface area (Å²) in [5.41, 5.74) is 1.26. The zero-order chi connectivity index (χ0) is 21.0. The monoisotopic (exact) mass is 436 g/mol. The average Bonchev–Trinajstić information content (AvgIpc) is 2.72. The van der Waals surface area contributed by atoms with E-state index in [0.717, 1.165) is 17.7 Å². The predicted molar refractivity (Wildman–Crippen MR) is 113 cm³/mol. The number of carbonyl (C=O) groups excluding carboxylic acids is 1. The van der Waals surface area contributed by atoms with Crippen LogP contribution in [0.15, 0.2) is 47.4 Å². The zero-order valence-corrected chi connectivity index (χ0v) is 18.1. The number of nitrogens with zero attached hydrogens (tertiary/aromatic N) is 1. The highest BCUT2D eigenvalue weighted by Gasteiger charge is 2.25. The molecule has 8 heteroatoms. The number of hydrogen-bond donors (Lipinski definition) is 1. The lowest BCUT2D eigenvalue weighted by Gasteiger charge is -2.25. The minimum atomic E-state index is -3.67. The summed E-state index contributed by atoms with van der Waals surface area (Å²) in [6.45, 7) is 5.18. The fourth-order valence-electron chi connectivity index (χ4n) is 3.41. The van der Waals surface area contributed by atoms with Gasteiger partial charge < -0.3 is 10.1 Å². The molecule has 29 heavy (non-hydrogen) atoms. The van der Waals surface area contributed by atoms with Crippen molar-refractivity contribution in [1.29, 1.82) is 0 Å². The molecule has 0 radical (unpaired) electrons. The smallest absolute Gasteiger partial charge is 0.252 e. The number of carbonyl (C=O) groups is 1. The molecule has 1 atom stereocenters. The summed E-state index contributed by atoms with van der Waals surface area (Å²) in [4.78, 5) is 12.8. The fraction of sp³-hybridized carbons (Fsp3) is 0.381. The molecular formula is C21H25ClN2O4S. The molecule has 3 rings (SSSR count). The molecule has 0 saturated heterocycles. The van der Waals surface area contributed by atoms with Gasteiger partial charge in [0.15, 0.2) is 0 Å². The van der Waals surface area contributed by atoms with Crippen LogP contribution in [0.25, 0.3) is 0 Å². The van der Waals surface area contributed by atoms with E-state index in [-0.39, 0.29) is 21.4 Å². The average molecular weight is 437 g/mol. The SMILES string of the molecule is CCN(CC)S(=O)(=O)c1ccc(Cl)c(C(=O)NCC2COc3ccccc3C2)c1. The first kappa shape index (κ1) is 21.6. The van der Waals surface area contributed by atoms with E-state index >= 15 is 0 Å². The van der Waals surface area contributed by atoms with Crippen LogP contribution in [0.2, 0.25) is 5.02 Å². The highest BCUT2D eigenvalue weighted by Crippen LogP contribution is 2.27. The van der Waals surface area contributed by atoms with Gasteiger partial charge in [-0.2, -0.15) is 4.31 Å². The molecule has 0 aliphatic carbocycles. The van der Waals surface area contributed by atoms with Gasteiger partial charge in [0.05, 0.1) is 22.1 Å². The van der Waals surface area contributed by atoms with Gasteiger partial charge in [-0.25, -0.2) is 8.42 Å². The standard InChI is InChI=1S/C21H25ClN2O4S/c1-3-24(4-2)29(26,27)17-9-10-19(22)18(12-17)21(25)23-13-15-11-16-7-5-6-8-20(16)28-14-15/h5-10,12,15H,3-4,11,13-14H2,1-2H3,(H,23,25). The van der Waals surface area contributed by atoms with E-state index in [1.165, 1.54) is 22.5 Å². The second kappa shape index (κ2) is 9.15. The third-order valence-corrected chi connectivity index (χ3v) is 7.41. The van der Waals surface area contributed by atoms with Gasteiger partial charge in [0, 0.05) is 25.6 Å². The molecule has 6 nitrogen and oxygen atoms in total. The van der Waals surface area contributed by atoms with Crippen molar-refractivity contribution in [2.45, 2.75) is 25.2 Å². The second-order valence-electron chi connectivity index (χ2n) is 6.93. The number of rotatable bonds is 7. The summed E-state index contributed by atoms with van der Waals surface area (Å²) in [5, 5.41) is 3.08. The van der Waals surface area contributed by atoms with Gasteiger partial charge in [-0.15, -0.1) is 0 Å². The Bertz CT molecular complexity index is 990. The van der Waals surface area contributed by atoms with E-state index in [2.05, 4.69) is 5.32 Å². The van der Waals surface area contributed by atoms with Gasteiger partial charge in [-0.05, 0) is 36.2 Å². The maximum Gasteiger partial charge on any atom is 0.252 e.